The molecular weight excluding hydrogens is 427 g/mol. The van der Waals surface area contributed by atoms with Gasteiger partial charge >= 0.3 is 0 Å². The molecule has 0 spiro atoms. The van der Waals surface area contributed by atoms with Crippen LogP contribution in [0.3, 0.4) is 0 Å². The van der Waals surface area contributed by atoms with E-state index in [4.69, 9.17) is 4.74 Å². The SMILES string of the molecule is CN=C(NCc1ncc(C)c(OC)c1C)NC(C)c1ccccc1.I. The highest BCUT2D eigenvalue weighted by Gasteiger charge is 2.11. The van der Waals surface area contributed by atoms with Crippen molar-refractivity contribution >= 4 is 29.9 Å². The largest absolute Gasteiger partial charge is 0.496 e. The summed E-state index contributed by atoms with van der Waals surface area (Å²) in [6.45, 7) is 6.72. The Labute approximate surface area is 167 Å². The molecule has 2 rings (SSSR count). The Morgan fingerprint density at radius 3 is 2.52 bits per heavy atom. The summed E-state index contributed by atoms with van der Waals surface area (Å²) in [6, 6.07) is 10.5. The van der Waals surface area contributed by atoms with E-state index in [2.05, 4.69) is 39.7 Å². The molecule has 136 valence electrons. The lowest BCUT2D eigenvalue weighted by atomic mass is 10.1. The molecule has 0 radical (unpaired) electrons. The van der Waals surface area contributed by atoms with E-state index in [1.165, 1.54) is 5.56 Å². The number of aryl methyl sites for hydroxylation is 1. The molecule has 1 heterocycles. The van der Waals surface area contributed by atoms with Crippen molar-refractivity contribution < 1.29 is 4.74 Å². The van der Waals surface area contributed by atoms with Crippen LogP contribution < -0.4 is 15.4 Å². The molecule has 1 aromatic heterocycles. The fourth-order valence-electron chi connectivity index (χ4n) is 2.64. The smallest absolute Gasteiger partial charge is 0.191 e. The van der Waals surface area contributed by atoms with Gasteiger partial charge in [0.25, 0.3) is 0 Å². The highest BCUT2D eigenvalue weighted by atomic mass is 127. The van der Waals surface area contributed by atoms with Crippen molar-refractivity contribution in [2.45, 2.75) is 33.4 Å². The molecule has 1 unspecified atom stereocenters. The average Bonchev–Trinajstić information content (AvgIpc) is 2.61. The van der Waals surface area contributed by atoms with E-state index in [1.807, 2.05) is 38.2 Å². The van der Waals surface area contributed by atoms with Crippen LogP contribution in [0.2, 0.25) is 0 Å². The third-order valence-electron chi connectivity index (χ3n) is 4.05. The van der Waals surface area contributed by atoms with Crippen LogP contribution in [0.15, 0.2) is 41.5 Å². The second kappa shape index (κ2) is 10.2. The summed E-state index contributed by atoms with van der Waals surface area (Å²) in [5.41, 5.74) is 4.26. The van der Waals surface area contributed by atoms with Gasteiger partial charge in [0, 0.05) is 24.4 Å². The summed E-state index contributed by atoms with van der Waals surface area (Å²) in [5, 5.41) is 6.71. The van der Waals surface area contributed by atoms with Crippen molar-refractivity contribution in [3.05, 3.63) is 58.9 Å². The molecule has 25 heavy (non-hydrogen) atoms. The van der Waals surface area contributed by atoms with Crippen LogP contribution in [0.4, 0.5) is 0 Å². The molecule has 0 saturated heterocycles. The van der Waals surface area contributed by atoms with Crippen LogP contribution in [-0.4, -0.2) is 25.1 Å². The normalized spacial score (nSPS) is 12.1. The van der Waals surface area contributed by atoms with Crippen LogP contribution in [-0.2, 0) is 6.54 Å². The zero-order chi connectivity index (χ0) is 17.5. The van der Waals surface area contributed by atoms with Crippen molar-refractivity contribution in [2.75, 3.05) is 14.2 Å². The number of rotatable bonds is 5. The molecule has 0 saturated carbocycles. The second-order valence-electron chi connectivity index (χ2n) is 5.75. The van der Waals surface area contributed by atoms with E-state index in [0.717, 1.165) is 28.5 Å². The zero-order valence-electron chi connectivity index (χ0n) is 15.5. The second-order valence-corrected chi connectivity index (χ2v) is 5.75. The quantitative estimate of drug-likeness (QED) is 0.411. The summed E-state index contributed by atoms with van der Waals surface area (Å²) in [7, 11) is 3.46. The number of nitrogens with zero attached hydrogens (tertiary/aromatic N) is 2. The van der Waals surface area contributed by atoms with Gasteiger partial charge in [-0.05, 0) is 26.3 Å². The highest BCUT2D eigenvalue weighted by molar-refractivity contribution is 14.0. The number of methoxy groups -OCH3 is 1. The molecule has 1 atom stereocenters. The Balaban J connectivity index is 0.00000312. The Morgan fingerprint density at radius 1 is 1.24 bits per heavy atom. The molecule has 0 aliphatic heterocycles. The summed E-state index contributed by atoms with van der Waals surface area (Å²) >= 11 is 0. The number of hydrogen-bond acceptors (Lipinski definition) is 3. The van der Waals surface area contributed by atoms with Crippen LogP contribution in [0.1, 0.15) is 35.3 Å². The first-order valence-electron chi connectivity index (χ1n) is 8.08. The molecular formula is C19H27IN4O. The van der Waals surface area contributed by atoms with Crippen LogP contribution in [0.5, 0.6) is 5.75 Å². The van der Waals surface area contributed by atoms with Gasteiger partial charge in [-0.3, -0.25) is 9.98 Å². The van der Waals surface area contributed by atoms with Crippen LogP contribution in [0, 0.1) is 13.8 Å². The van der Waals surface area contributed by atoms with Crippen molar-refractivity contribution in [1.29, 1.82) is 0 Å². The minimum Gasteiger partial charge on any atom is -0.496 e. The predicted molar refractivity (Wildman–Crippen MR) is 114 cm³/mol. The van der Waals surface area contributed by atoms with Gasteiger partial charge in [-0.2, -0.15) is 0 Å². The third kappa shape index (κ3) is 5.59. The molecule has 1 aromatic carbocycles. The number of halogens is 1. The molecule has 5 nitrogen and oxygen atoms in total. The number of pyridine rings is 1. The van der Waals surface area contributed by atoms with Crippen LogP contribution in [0.25, 0.3) is 0 Å². The first kappa shape index (κ1) is 21.2. The third-order valence-corrected chi connectivity index (χ3v) is 4.05. The van der Waals surface area contributed by atoms with Gasteiger partial charge in [0.05, 0.1) is 25.4 Å². The van der Waals surface area contributed by atoms with Crippen molar-refractivity contribution in [1.82, 2.24) is 15.6 Å². The Morgan fingerprint density at radius 2 is 1.92 bits per heavy atom. The summed E-state index contributed by atoms with van der Waals surface area (Å²) < 4.78 is 5.46. The van der Waals surface area contributed by atoms with Gasteiger partial charge in [0.2, 0.25) is 0 Å². The Bertz CT molecular complexity index is 704. The predicted octanol–water partition coefficient (Wildman–Crippen LogP) is 3.75. The van der Waals surface area contributed by atoms with E-state index in [0.29, 0.717) is 6.54 Å². The number of aromatic nitrogens is 1. The van der Waals surface area contributed by atoms with Gasteiger partial charge in [-0.1, -0.05) is 30.3 Å². The van der Waals surface area contributed by atoms with Crippen molar-refractivity contribution in [2.24, 2.45) is 4.99 Å². The maximum atomic E-state index is 5.46. The lowest BCUT2D eigenvalue weighted by molar-refractivity contribution is 0.406. The molecule has 2 N–H and O–H groups in total. The number of ether oxygens (including phenoxy) is 1. The van der Waals surface area contributed by atoms with Crippen molar-refractivity contribution in [3.8, 4) is 5.75 Å². The van der Waals surface area contributed by atoms with Gasteiger partial charge in [0.15, 0.2) is 5.96 Å². The summed E-state index contributed by atoms with van der Waals surface area (Å²) in [5.74, 6) is 1.63. The minimum atomic E-state index is 0. The lowest BCUT2D eigenvalue weighted by Gasteiger charge is -2.19. The molecule has 0 bridgehead atoms. The highest BCUT2D eigenvalue weighted by Crippen LogP contribution is 2.23. The van der Waals surface area contributed by atoms with Gasteiger partial charge in [-0.25, -0.2) is 0 Å². The number of hydrogen-bond donors (Lipinski definition) is 2. The summed E-state index contributed by atoms with van der Waals surface area (Å²) in [4.78, 5) is 8.80. The first-order chi connectivity index (χ1) is 11.6. The van der Waals surface area contributed by atoms with E-state index in [-0.39, 0.29) is 30.0 Å². The number of nitrogens with one attached hydrogen (secondary N) is 2. The Hall–Kier alpha value is -1.83. The minimum absolute atomic E-state index is 0. The zero-order valence-corrected chi connectivity index (χ0v) is 17.8. The maximum Gasteiger partial charge on any atom is 0.191 e. The fraction of sp³-hybridized carbons (Fsp3) is 0.368. The van der Waals surface area contributed by atoms with E-state index in [1.54, 1.807) is 14.2 Å². The molecule has 0 aliphatic carbocycles. The fourth-order valence-corrected chi connectivity index (χ4v) is 2.64. The van der Waals surface area contributed by atoms with E-state index in [9.17, 15) is 0 Å². The molecule has 0 amide bonds. The topological polar surface area (TPSA) is 58.5 Å². The maximum absolute atomic E-state index is 5.46. The average molecular weight is 454 g/mol. The van der Waals surface area contributed by atoms with Crippen LogP contribution >= 0.6 is 24.0 Å². The lowest BCUT2D eigenvalue weighted by Crippen LogP contribution is -2.38. The monoisotopic (exact) mass is 454 g/mol. The molecule has 2 aromatic rings. The number of aliphatic imine (C=N–C) groups is 1. The number of benzene rings is 1. The molecule has 0 fully saturated rings. The van der Waals surface area contributed by atoms with E-state index < -0.39 is 0 Å². The summed E-state index contributed by atoms with van der Waals surface area (Å²) in [6.07, 6.45) is 1.84. The van der Waals surface area contributed by atoms with Crippen molar-refractivity contribution in [3.63, 3.8) is 0 Å². The molecule has 6 heteroatoms. The number of guanidine groups is 1. The van der Waals surface area contributed by atoms with Gasteiger partial charge in [-0.15, -0.1) is 24.0 Å². The van der Waals surface area contributed by atoms with Gasteiger partial charge < -0.3 is 15.4 Å². The molecule has 0 aliphatic rings. The Kier molecular flexibility index (Phi) is 8.68. The van der Waals surface area contributed by atoms with E-state index >= 15 is 0 Å². The standard InChI is InChI=1S/C19H26N4O.HI/c1-13-11-21-17(14(2)18(13)24-5)12-22-19(20-4)23-15(3)16-9-7-6-8-10-16;/h6-11,15H,12H2,1-5H3,(H2,20,22,23);1H. The van der Waals surface area contributed by atoms with Gasteiger partial charge in [0.1, 0.15) is 5.75 Å². The first-order valence-corrected chi connectivity index (χ1v) is 8.08.